The van der Waals surface area contributed by atoms with E-state index in [0.717, 1.165) is 17.0 Å². The number of hydrogen-bond donors (Lipinski definition) is 1. The molecule has 0 saturated carbocycles. The number of nitrogens with one attached hydrogen (secondary N) is 1. The fraction of sp³-hybridized carbons (Fsp3) is 0.300. The molecule has 0 bridgehead atoms. The monoisotopic (exact) mass is 501 g/mol. The van der Waals surface area contributed by atoms with Crippen LogP contribution in [0.4, 0.5) is 0 Å². The molecule has 0 aliphatic carbocycles. The Bertz CT molecular complexity index is 1360. The third-order valence-electron chi connectivity index (χ3n) is 5.72. The normalized spacial score (nSPS) is 24.4. The zero-order valence-electron chi connectivity index (χ0n) is 17.5. The van der Waals surface area contributed by atoms with Crippen molar-refractivity contribution in [3.8, 4) is 17.4 Å². The SMILES string of the molecule is O=S(=O)(N[C@@H]1CO[C@@H]2[C@@H]1OC[C@@H]2n1nnnc1Oc1ccc(-n2ccnc2)cc1)c1cccs1. The minimum Gasteiger partial charge on any atom is -0.423 e. The van der Waals surface area contributed by atoms with Gasteiger partial charge in [-0.2, -0.15) is 4.68 Å². The number of aromatic nitrogens is 6. The second-order valence-corrected chi connectivity index (χ2v) is 10.7. The van der Waals surface area contributed by atoms with Gasteiger partial charge in [0.25, 0.3) is 0 Å². The zero-order chi connectivity index (χ0) is 23.1. The van der Waals surface area contributed by atoms with Gasteiger partial charge in [0.2, 0.25) is 10.0 Å². The van der Waals surface area contributed by atoms with Crippen LogP contribution in [0.3, 0.4) is 0 Å². The lowest BCUT2D eigenvalue weighted by Gasteiger charge is -2.18. The van der Waals surface area contributed by atoms with E-state index in [-0.39, 0.29) is 29.5 Å². The molecule has 3 aromatic heterocycles. The van der Waals surface area contributed by atoms with E-state index in [1.165, 1.54) is 4.68 Å². The number of hydrogen-bond acceptors (Lipinski definition) is 10. The fourth-order valence-electron chi connectivity index (χ4n) is 4.13. The number of ether oxygens (including phenoxy) is 3. The quantitative estimate of drug-likeness (QED) is 0.399. The van der Waals surface area contributed by atoms with E-state index in [2.05, 4.69) is 25.2 Å². The van der Waals surface area contributed by atoms with E-state index in [4.69, 9.17) is 14.2 Å². The Morgan fingerprint density at radius 2 is 1.97 bits per heavy atom. The summed E-state index contributed by atoms with van der Waals surface area (Å²) in [5, 5.41) is 13.5. The summed E-state index contributed by atoms with van der Waals surface area (Å²) < 4.78 is 49.4. The van der Waals surface area contributed by atoms with E-state index in [0.29, 0.717) is 5.75 Å². The third kappa shape index (κ3) is 3.88. The lowest BCUT2D eigenvalue weighted by Crippen LogP contribution is -2.43. The van der Waals surface area contributed by atoms with Gasteiger partial charge in [-0.3, -0.25) is 0 Å². The second kappa shape index (κ2) is 8.56. The second-order valence-electron chi connectivity index (χ2n) is 7.80. The Kier molecular flexibility index (Phi) is 5.38. The van der Waals surface area contributed by atoms with Gasteiger partial charge >= 0.3 is 6.01 Å². The smallest absolute Gasteiger partial charge is 0.341 e. The highest BCUT2D eigenvalue weighted by atomic mass is 32.2. The molecular weight excluding hydrogens is 482 g/mol. The van der Waals surface area contributed by atoms with E-state index in [1.54, 1.807) is 30.0 Å². The van der Waals surface area contributed by atoms with Crippen LogP contribution < -0.4 is 9.46 Å². The van der Waals surface area contributed by atoms with Crippen LogP contribution in [-0.4, -0.2) is 69.6 Å². The molecular formula is C20H19N7O5S2. The largest absolute Gasteiger partial charge is 0.423 e. The van der Waals surface area contributed by atoms with Crippen molar-refractivity contribution in [2.24, 2.45) is 0 Å². The number of fused-ring (bicyclic) bond motifs is 1. The average Bonchev–Trinajstić information content (AvgIpc) is 3.65. The molecule has 12 nitrogen and oxygen atoms in total. The molecule has 2 fully saturated rings. The van der Waals surface area contributed by atoms with Gasteiger partial charge in [0.15, 0.2) is 0 Å². The zero-order valence-corrected chi connectivity index (χ0v) is 19.2. The molecule has 0 radical (unpaired) electrons. The molecule has 6 rings (SSSR count). The first-order chi connectivity index (χ1) is 16.6. The molecule has 1 aromatic carbocycles. The Morgan fingerprint density at radius 1 is 1.12 bits per heavy atom. The maximum absolute atomic E-state index is 12.6. The maximum atomic E-state index is 12.6. The first kappa shape index (κ1) is 21.4. The molecule has 14 heteroatoms. The van der Waals surface area contributed by atoms with Crippen molar-refractivity contribution in [1.82, 2.24) is 34.5 Å². The number of benzene rings is 1. The van der Waals surface area contributed by atoms with Crippen molar-refractivity contribution in [3.05, 3.63) is 60.5 Å². The van der Waals surface area contributed by atoms with Crippen LogP contribution in [0.15, 0.2) is 64.7 Å². The lowest BCUT2D eigenvalue weighted by atomic mass is 10.1. The van der Waals surface area contributed by atoms with Crippen LogP contribution in [0.5, 0.6) is 11.8 Å². The highest BCUT2D eigenvalue weighted by molar-refractivity contribution is 7.91. The Balaban J connectivity index is 1.16. The third-order valence-corrected chi connectivity index (χ3v) is 8.61. The predicted molar refractivity (Wildman–Crippen MR) is 118 cm³/mol. The Morgan fingerprint density at radius 3 is 2.74 bits per heavy atom. The van der Waals surface area contributed by atoms with Gasteiger partial charge in [0.05, 0.1) is 25.6 Å². The lowest BCUT2D eigenvalue weighted by molar-refractivity contribution is 0.0615. The van der Waals surface area contributed by atoms with Crippen LogP contribution in [-0.2, 0) is 19.5 Å². The van der Waals surface area contributed by atoms with Crippen LogP contribution in [0.2, 0.25) is 0 Å². The average molecular weight is 502 g/mol. The molecule has 2 aliphatic heterocycles. The summed E-state index contributed by atoms with van der Waals surface area (Å²) in [6, 6.07) is 9.97. The van der Waals surface area contributed by atoms with Crippen molar-refractivity contribution >= 4 is 21.4 Å². The van der Waals surface area contributed by atoms with Crippen molar-refractivity contribution < 1.29 is 22.6 Å². The number of tetrazole rings is 1. The van der Waals surface area contributed by atoms with E-state index in [1.807, 2.05) is 35.0 Å². The molecule has 34 heavy (non-hydrogen) atoms. The van der Waals surface area contributed by atoms with Crippen molar-refractivity contribution in [1.29, 1.82) is 0 Å². The minimum absolute atomic E-state index is 0.185. The molecule has 0 unspecified atom stereocenters. The summed E-state index contributed by atoms with van der Waals surface area (Å²) in [4.78, 5) is 4.04. The highest BCUT2D eigenvalue weighted by Gasteiger charge is 2.51. The molecule has 1 N–H and O–H groups in total. The minimum atomic E-state index is -3.65. The molecule has 2 aliphatic rings. The predicted octanol–water partition coefficient (Wildman–Crippen LogP) is 1.40. The summed E-state index contributed by atoms with van der Waals surface area (Å²) in [5.41, 5.74) is 0.937. The molecule has 0 spiro atoms. The van der Waals surface area contributed by atoms with Crippen molar-refractivity contribution in [2.75, 3.05) is 13.2 Å². The first-order valence-electron chi connectivity index (χ1n) is 10.4. The molecule has 4 atom stereocenters. The number of thiophene rings is 1. The number of nitrogens with zero attached hydrogens (tertiary/aromatic N) is 6. The van der Waals surface area contributed by atoms with Gasteiger partial charge in [0.1, 0.15) is 28.2 Å². The van der Waals surface area contributed by atoms with Crippen molar-refractivity contribution in [2.45, 2.75) is 28.5 Å². The van der Waals surface area contributed by atoms with Gasteiger partial charge in [-0.15, -0.1) is 11.3 Å². The van der Waals surface area contributed by atoms with E-state index in [9.17, 15) is 8.42 Å². The highest BCUT2D eigenvalue weighted by Crippen LogP contribution is 2.36. The van der Waals surface area contributed by atoms with Crippen LogP contribution in [0.25, 0.3) is 5.69 Å². The first-order valence-corrected chi connectivity index (χ1v) is 12.8. The molecule has 2 saturated heterocycles. The summed E-state index contributed by atoms with van der Waals surface area (Å²) in [5.74, 6) is 0.560. The van der Waals surface area contributed by atoms with Crippen LogP contribution in [0.1, 0.15) is 6.04 Å². The molecule has 4 aromatic rings. The van der Waals surface area contributed by atoms with E-state index < -0.39 is 28.3 Å². The molecule has 0 amide bonds. The standard InChI is InChI=1S/C20H19N7O5S2/c28-34(29,17-2-1-9-33-17)23-15-10-30-19-16(11-31-18(15)19)27-20(22-24-25-27)32-14-5-3-13(4-6-14)26-8-7-21-12-26/h1-9,12,15-16,18-19,23H,10-11H2/t15-,16+,18-,19+/m1/s1. The van der Waals surface area contributed by atoms with Gasteiger partial charge in [-0.05, 0) is 46.1 Å². The van der Waals surface area contributed by atoms with Gasteiger partial charge in [0, 0.05) is 18.1 Å². The number of sulfonamides is 1. The van der Waals surface area contributed by atoms with Gasteiger partial charge < -0.3 is 18.8 Å². The van der Waals surface area contributed by atoms with Crippen molar-refractivity contribution in [3.63, 3.8) is 0 Å². The summed E-state index contributed by atoms with van der Waals surface area (Å²) in [6.45, 7) is 0.442. The van der Waals surface area contributed by atoms with E-state index >= 15 is 0 Å². The van der Waals surface area contributed by atoms with Crippen LogP contribution >= 0.6 is 11.3 Å². The van der Waals surface area contributed by atoms with Crippen LogP contribution in [0, 0.1) is 0 Å². The van der Waals surface area contributed by atoms with Gasteiger partial charge in [-0.1, -0.05) is 11.2 Å². The molecule has 176 valence electrons. The molecule has 5 heterocycles. The summed E-state index contributed by atoms with van der Waals surface area (Å²) in [6.07, 6.45) is 4.37. The Labute approximate surface area is 198 Å². The number of rotatable bonds is 7. The maximum Gasteiger partial charge on any atom is 0.341 e. The number of imidazole rings is 1. The Hall–Kier alpha value is -3.17. The topological polar surface area (TPSA) is 135 Å². The van der Waals surface area contributed by atoms with Gasteiger partial charge in [-0.25, -0.2) is 18.1 Å². The summed E-state index contributed by atoms with van der Waals surface area (Å²) in [7, 11) is -3.65. The summed E-state index contributed by atoms with van der Waals surface area (Å²) >= 11 is 1.16. The fourth-order valence-corrected chi connectivity index (χ4v) is 6.37.